The first-order chi connectivity index (χ1) is 17.9. The number of esters is 2. The summed E-state index contributed by atoms with van der Waals surface area (Å²) in [4.78, 5) is 54.8. The van der Waals surface area contributed by atoms with Crippen molar-refractivity contribution in [3.63, 3.8) is 0 Å². The zero-order valence-electron chi connectivity index (χ0n) is 29.2. The molecule has 0 aromatic rings. The van der Waals surface area contributed by atoms with Crippen LogP contribution in [0.3, 0.4) is 0 Å². The van der Waals surface area contributed by atoms with Gasteiger partial charge in [0.2, 0.25) is 0 Å². The van der Waals surface area contributed by atoms with Crippen LogP contribution in [0.4, 0.5) is 0 Å². The van der Waals surface area contributed by atoms with E-state index in [-0.39, 0.29) is 34.9 Å². The quantitative estimate of drug-likeness (QED) is 0.263. The van der Waals surface area contributed by atoms with Gasteiger partial charge in [0, 0.05) is 28.1 Å². The molecule has 7 nitrogen and oxygen atoms in total. The maximum Gasteiger partial charge on any atom is 0.313 e. The SMILES string of the molecule is COC(=O)C(C)(CC(C)(C)C)C(C)(C)C(=O)C(C)(C)CC(O)C(C)(C)C(=O)C(C)(C)C1(C)CC(C(C)(C)C)OC1=O. The summed E-state index contributed by atoms with van der Waals surface area (Å²) < 4.78 is 10.9. The van der Waals surface area contributed by atoms with E-state index in [4.69, 9.17) is 9.47 Å². The lowest BCUT2D eigenvalue weighted by atomic mass is 9.53. The van der Waals surface area contributed by atoms with E-state index in [0.29, 0.717) is 12.8 Å². The second-order valence-corrected chi connectivity index (χ2v) is 17.6. The first-order valence-electron chi connectivity index (χ1n) is 14.9. The Morgan fingerprint density at radius 1 is 0.902 bits per heavy atom. The van der Waals surface area contributed by atoms with Crippen molar-refractivity contribution in [2.24, 2.45) is 43.3 Å². The Hall–Kier alpha value is -1.76. The van der Waals surface area contributed by atoms with Gasteiger partial charge in [-0.1, -0.05) is 96.9 Å². The van der Waals surface area contributed by atoms with Crippen LogP contribution in [0.15, 0.2) is 0 Å². The van der Waals surface area contributed by atoms with E-state index in [1.54, 1.807) is 69.2 Å². The van der Waals surface area contributed by atoms with Crippen LogP contribution in [-0.2, 0) is 28.7 Å². The molecule has 1 N–H and O–H groups in total. The predicted molar refractivity (Wildman–Crippen MR) is 162 cm³/mol. The summed E-state index contributed by atoms with van der Waals surface area (Å²) in [6.45, 7) is 29.5. The van der Waals surface area contributed by atoms with Gasteiger partial charge in [-0.05, 0) is 37.5 Å². The Morgan fingerprint density at radius 2 is 1.37 bits per heavy atom. The van der Waals surface area contributed by atoms with Crippen molar-refractivity contribution >= 4 is 23.5 Å². The van der Waals surface area contributed by atoms with Crippen LogP contribution >= 0.6 is 0 Å². The first kappa shape index (κ1) is 37.3. The van der Waals surface area contributed by atoms with E-state index in [1.807, 2.05) is 41.5 Å². The molecule has 0 aliphatic carbocycles. The second-order valence-electron chi connectivity index (χ2n) is 17.6. The minimum absolute atomic E-state index is 0.00261. The normalized spacial score (nSPS) is 23.5. The molecule has 0 radical (unpaired) electrons. The van der Waals surface area contributed by atoms with Crippen molar-refractivity contribution in [1.29, 1.82) is 0 Å². The van der Waals surface area contributed by atoms with Gasteiger partial charge in [0.15, 0.2) is 0 Å². The topological polar surface area (TPSA) is 107 Å². The Kier molecular flexibility index (Phi) is 10.1. The van der Waals surface area contributed by atoms with Crippen molar-refractivity contribution in [2.75, 3.05) is 7.11 Å². The number of Topliss-reactive ketones (excluding diaryl/α,β-unsaturated/α-hetero) is 2. The number of aliphatic hydroxyl groups is 1. The van der Waals surface area contributed by atoms with E-state index < -0.39 is 50.5 Å². The van der Waals surface area contributed by atoms with Crippen LogP contribution < -0.4 is 0 Å². The van der Waals surface area contributed by atoms with Gasteiger partial charge in [-0.3, -0.25) is 19.2 Å². The first-order valence-corrected chi connectivity index (χ1v) is 14.9. The second kappa shape index (κ2) is 11.1. The van der Waals surface area contributed by atoms with Crippen LogP contribution in [-0.4, -0.2) is 47.9 Å². The van der Waals surface area contributed by atoms with Crippen molar-refractivity contribution in [3.8, 4) is 0 Å². The largest absolute Gasteiger partial charge is 0.469 e. The number of carbonyl (C=O) groups excluding carboxylic acids is 4. The molecule has 1 aliphatic heterocycles. The van der Waals surface area contributed by atoms with E-state index in [0.717, 1.165) is 0 Å². The zero-order valence-corrected chi connectivity index (χ0v) is 29.2. The van der Waals surface area contributed by atoms with Gasteiger partial charge in [-0.25, -0.2) is 0 Å². The van der Waals surface area contributed by atoms with E-state index in [9.17, 15) is 24.3 Å². The highest BCUT2D eigenvalue weighted by atomic mass is 16.6. The lowest BCUT2D eigenvalue weighted by Crippen LogP contribution is -2.55. The molecule has 238 valence electrons. The minimum Gasteiger partial charge on any atom is -0.469 e. The number of rotatable bonds is 11. The number of methoxy groups -OCH3 is 1. The average Bonchev–Trinajstić information content (AvgIpc) is 3.12. The molecule has 0 aromatic carbocycles. The van der Waals surface area contributed by atoms with Crippen LogP contribution in [0.5, 0.6) is 0 Å². The van der Waals surface area contributed by atoms with Crippen LogP contribution in [0, 0.1) is 43.3 Å². The highest BCUT2D eigenvalue weighted by Crippen LogP contribution is 2.55. The fraction of sp³-hybridized carbons (Fsp3) is 0.882. The summed E-state index contributed by atoms with van der Waals surface area (Å²) in [5, 5.41) is 11.6. The number of cyclic esters (lactones) is 1. The van der Waals surface area contributed by atoms with E-state index in [1.165, 1.54) is 7.11 Å². The molecule has 1 fully saturated rings. The summed E-state index contributed by atoms with van der Waals surface area (Å²) in [7, 11) is 1.33. The molecule has 41 heavy (non-hydrogen) atoms. The van der Waals surface area contributed by atoms with E-state index in [2.05, 4.69) is 0 Å². The van der Waals surface area contributed by atoms with Crippen LogP contribution in [0.25, 0.3) is 0 Å². The van der Waals surface area contributed by atoms with Crippen LogP contribution in [0.1, 0.15) is 130 Å². The highest BCUT2D eigenvalue weighted by Gasteiger charge is 2.63. The molecule has 0 amide bonds. The maximum atomic E-state index is 14.2. The number of carbonyl (C=O) groups is 4. The van der Waals surface area contributed by atoms with Crippen molar-refractivity contribution in [2.45, 2.75) is 142 Å². The van der Waals surface area contributed by atoms with Gasteiger partial charge < -0.3 is 14.6 Å². The fourth-order valence-electron chi connectivity index (χ4n) is 6.72. The van der Waals surface area contributed by atoms with Crippen molar-refractivity contribution in [3.05, 3.63) is 0 Å². The third-order valence-corrected chi connectivity index (χ3v) is 10.4. The summed E-state index contributed by atoms with van der Waals surface area (Å²) in [6.07, 6.45) is -0.681. The third-order valence-electron chi connectivity index (χ3n) is 10.4. The molecular weight excluding hydrogens is 520 g/mol. The molecule has 4 unspecified atom stereocenters. The molecule has 1 aliphatic rings. The summed E-state index contributed by atoms with van der Waals surface area (Å²) in [5.41, 5.74) is -7.34. The number of ether oxygens (including phenoxy) is 2. The van der Waals surface area contributed by atoms with Crippen molar-refractivity contribution in [1.82, 2.24) is 0 Å². The van der Waals surface area contributed by atoms with Gasteiger partial charge in [0.1, 0.15) is 17.7 Å². The minimum atomic E-state index is -1.27. The van der Waals surface area contributed by atoms with E-state index >= 15 is 0 Å². The molecule has 7 heteroatoms. The predicted octanol–water partition coefficient (Wildman–Crippen LogP) is 6.96. The Bertz CT molecular complexity index is 1030. The summed E-state index contributed by atoms with van der Waals surface area (Å²) in [5.74, 6) is -1.31. The molecular formula is C34H60O7. The third kappa shape index (κ3) is 6.75. The molecule has 0 spiro atoms. The molecule has 0 saturated carbocycles. The molecule has 1 heterocycles. The number of ketones is 2. The van der Waals surface area contributed by atoms with Gasteiger partial charge >= 0.3 is 11.9 Å². The molecule has 1 saturated heterocycles. The lowest BCUT2D eigenvalue weighted by molar-refractivity contribution is -0.171. The van der Waals surface area contributed by atoms with Gasteiger partial charge in [-0.2, -0.15) is 0 Å². The van der Waals surface area contributed by atoms with Gasteiger partial charge in [0.25, 0.3) is 0 Å². The van der Waals surface area contributed by atoms with Crippen LogP contribution in [0.2, 0.25) is 0 Å². The Morgan fingerprint density at radius 3 is 1.73 bits per heavy atom. The molecule has 1 rings (SSSR count). The fourth-order valence-corrected chi connectivity index (χ4v) is 6.72. The number of hydrogen-bond donors (Lipinski definition) is 1. The number of aliphatic hydroxyl groups excluding tert-OH is 1. The smallest absolute Gasteiger partial charge is 0.313 e. The molecule has 4 atom stereocenters. The molecule has 0 bridgehead atoms. The monoisotopic (exact) mass is 580 g/mol. The standard InChI is InChI=1S/C34H60O7/c1-27(2,3)20-34(16,25(38)40-17)31(11,12)23(36)29(7,8)18-21(35)30(9,10)24(37)32(13,14)33(15)19-22(28(4,5)6)41-26(33)39/h21-22,35H,18-20H2,1-17H3. The summed E-state index contributed by atoms with van der Waals surface area (Å²) in [6, 6.07) is 0. The Balaban J connectivity index is 3.39. The maximum absolute atomic E-state index is 14.2. The summed E-state index contributed by atoms with van der Waals surface area (Å²) >= 11 is 0. The number of hydrogen-bond acceptors (Lipinski definition) is 7. The molecule has 0 aromatic heterocycles. The lowest BCUT2D eigenvalue weighted by Gasteiger charge is -2.48. The van der Waals surface area contributed by atoms with Crippen molar-refractivity contribution < 1.29 is 33.8 Å². The van der Waals surface area contributed by atoms with Gasteiger partial charge in [-0.15, -0.1) is 0 Å². The highest BCUT2D eigenvalue weighted by molar-refractivity contribution is 5.97. The Labute approximate surface area is 249 Å². The zero-order chi connectivity index (χ0) is 33.0. The average molecular weight is 581 g/mol. The van der Waals surface area contributed by atoms with Gasteiger partial charge in [0.05, 0.1) is 24.0 Å².